The quantitative estimate of drug-likeness (QED) is 0.469. The van der Waals surface area contributed by atoms with Crippen molar-refractivity contribution in [2.75, 3.05) is 11.9 Å². The standard InChI is InChI=1S/C20H16N2O5/c1-21(15-5-3-2-4-6-15)20(23)27-19-13-11-18(12-14-19)26-17-9-7-16(8-10-17)22(24)25/h2-14H,1H3. The van der Waals surface area contributed by atoms with Crippen LogP contribution in [-0.2, 0) is 0 Å². The summed E-state index contributed by atoms with van der Waals surface area (Å²) in [5.41, 5.74) is 0.716. The first-order valence-electron chi connectivity index (χ1n) is 8.06. The number of nitrogens with zero attached hydrogens (tertiary/aromatic N) is 2. The molecule has 0 atom stereocenters. The van der Waals surface area contributed by atoms with Crippen LogP contribution in [0.15, 0.2) is 78.9 Å². The summed E-state index contributed by atoms with van der Waals surface area (Å²) in [6, 6.07) is 21.4. The largest absolute Gasteiger partial charge is 0.457 e. The average molecular weight is 364 g/mol. The highest BCUT2D eigenvalue weighted by molar-refractivity contribution is 5.88. The lowest BCUT2D eigenvalue weighted by Crippen LogP contribution is -2.29. The fourth-order valence-electron chi connectivity index (χ4n) is 2.27. The third-order valence-corrected chi connectivity index (χ3v) is 3.73. The van der Waals surface area contributed by atoms with Crippen molar-refractivity contribution >= 4 is 17.5 Å². The summed E-state index contributed by atoms with van der Waals surface area (Å²) in [6.45, 7) is 0. The molecule has 0 heterocycles. The van der Waals surface area contributed by atoms with Crippen molar-refractivity contribution in [1.29, 1.82) is 0 Å². The van der Waals surface area contributed by atoms with Gasteiger partial charge in [0, 0.05) is 24.9 Å². The van der Waals surface area contributed by atoms with E-state index in [-0.39, 0.29) is 5.69 Å². The molecule has 0 bridgehead atoms. The van der Waals surface area contributed by atoms with Crippen molar-refractivity contribution in [1.82, 2.24) is 0 Å². The minimum Gasteiger partial charge on any atom is -0.457 e. The van der Waals surface area contributed by atoms with Crippen LogP contribution in [-0.4, -0.2) is 18.1 Å². The predicted molar refractivity (Wildman–Crippen MR) is 100 cm³/mol. The number of hydrogen-bond donors (Lipinski definition) is 0. The van der Waals surface area contributed by atoms with E-state index in [2.05, 4.69) is 0 Å². The highest BCUT2D eigenvalue weighted by atomic mass is 16.6. The Morgan fingerprint density at radius 1 is 0.852 bits per heavy atom. The molecule has 3 rings (SSSR count). The van der Waals surface area contributed by atoms with Crippen LogP contribution in [0.4, 0.5) is 16.2 Å². The Morgan fingerprint density at radius 3 is 1.93 bits per heavy atom. The van der Waals surface area contributed by atoms with E-state index in [1.54, 1.807) is 31.3 Å². The van der Waals surface area contributed by atoms with Crippen LogP contribution in [0, 0.1) is 10.1 Å². The highest BCUT2D eigenvalue weighted by Crippen LogP contribution is 2.26. The van der Waals surface area contributed by atoms with Crippen molar-refractivity contribution in [2.24, 2.45) is 0 Å². The van der Waals surface area contributed by atoms with Gasteiger partial charge in [0.25, 0.3) is 5.69 Å². The summed E-state index contributed by atoms with van der Waals surface area (Å²) < 4.78 is 11.0. The van der Waals surface area contributed by atoms with Gasteiger partial charge in [-0.05, 0) is 48.5 Å². The van der Waals surface area contributed by atoms with E-state index in [0.717, 1.165) is 5.69 Å². The molecule has 0 N–H and O–H groups in total. The van der Waals surface area contributed by atoms with Gasteiger partial charge in [-0.25, -0.2) is 4.79 Å². The summed E-state index contributed by atoms with van der Waals surface area (Å²) >= 11 is 0. The number of carbonyl (C=O) groups excluding carboxylic acids is 1. The number of nitro groups is 1. The van der Waals surface area contributed by atoms with Crippen molar-refractivity contribution in [3.63, 3.8) is 0 Å². The molecule has 0 saturated heterocycles. The number of amides is 1. The van der Waals surface area contributed by atoms with Gasteiger partial charge in [0.05, 0.1) is 4.92 Å². The number of carbonyl (C=O) groups is 1. The van der Waals surface area contributed by atoms with Crippen LogP contribution in [0.5, 0.6) is 17.2 Å². The van der Waals surface area contributed by atoms with E-state index in [4.69, 9.17) is 9.47 Å². The number of non-ortho nitro benzene ring substituents is 1. The Balaban J connectivity index is 1.61. The van der Waals surface area contributed by atoms with E-state index in [1.165, 1.54) is 29.2 Å². The number of anilines is 1. The predicted octanol–water partition coefficient (Wildman–Crippen LogP) is 5.02. The minimum absolute atomic E-state index is 0.00727. The minimum atomic E-state index is -0.509. The van der Waals surface area contributed by atoms with Gasteiger partial charge < -0.3 is 9.47 Å². The van der Waals surface area contributed by atoms with Crippen molar-refractivity contribution in [3.8, 4) is 17.2 Å². The Labute approximate surface area is 155 Å². The number of ether oxygens (including phenoxy) is 2. The molecule has 0 fully saturated rings. The molecule has 0 spiro atoms. The topological polar surface area (TPSA) is 81.9 Å². The molecule has 0 unspecified atom stereocenters. The molecule has 136 valence electrons. The molecule has 0 saturated carbocycles. The summed E-state index contributed by atoms with van der Waals surface area (Å²) in [5, 5.41) is 10.7. The molecule has 3 aromatic rings. The van der Waals surface area contributed by atoms with E-state index in [9.17, 15) is 14.9 Å². The van der Waals surface area contributed by atoms with Crippen LogP contribution >= 0.6 is 0 Å². The lowest BCUT2D eigenvalue weighted by Gasteiger charge is -2.16. The van der Waals surface area contributed by atoms with E-state index in [0.29, 0.717) is 17.2 Å². The Hall–Kier alpha value is -3.87. The number of hydrogen-bond acceptors (Lipinski definition) is 5. The van der Waals surface area contributed by atoms with Gasteiger partial charge in [-0.3, -0.25) is 15.0 Å². The van der Waals surface area contributed by atoms with Gasteiger partial charge >= 0.3 is 6.09 Å². The number of para-hydroxylation sites is 1. The fraction of sp³-hybridized carbons (Fsp3) is 0.0500. The molecule has 27 heavy (non-hydrogen) atoms. The maximum Gasteiger partial charge on any atom is 0.419 e. The van der Waals surface area contributed by atoms with Gasteiger partial charge in [0.2, 0.25) is 0 Å². The molecule has 7 nitrogen and oxygen atoms in total. The molecule has 3 aromatic carbocycles. The third-order valence-electron chi connectivity index (χ3n) is 3.73. The van der Waals surface area contributed by atoms with Gasteiger partial charge in [-0.15, -0.1) is 0 Å². The summed E-state index contributed by atoms with van der Waals surface area (Å²) in [4.78, 5) is 23.8. The first-order valence-corrected chi connectivity index (χ1v) is 8.06. The Bertz CT molecular complexity index is 925. The number of nitro benzene ring substituents is 1. The molecular formula is C20H16N2O5. The zero-order valence-corrected chi connectivity index (χ0v) is 14.4. The molecule has 0 radical (unpaired) electrons. The second-order valence-electron chi connectivity index (χ2n) is 5.59. The highest BCUT2D eigenvalue weighted by Gasteiger charge is 2.13. The van der Waals surface area contributed by atoms with Gasteiger partial charge in [-0.1, -0.05) is 18.2 Å². The second kappa shape index (κ2) is 8.01. The van der Waals surface area contributed by atoms with Crippen LogP contribution in [0.25, 0.3) is 0 Å². The van der Waals surface area contributed by atoms with Crippen LogP contribution < -0.4 is 14.4 Å². The number of rotatable bonds is 5. The SMILES string of the molecule is CN(C(=O)Oc1ccc(Oc2ccc([N+](=O)[O-])cc2)cc1)c1ccccc1. The molecular weight excluding hydrogens is 348 g/mol. The summed E-state index contributed by atoms with van der Waals surface area (Å²) in [6.07, 6.45) is -0.509. The van der Waals surface area contributed by atoms with Gasteiger partial charge in [0.1, 0.15) is 17.2 Å². The maximum atomic E-state index is 12.2. The number of benzene rings is 3. The molecule has 0 aromatic heterocycles. The third kappa shape index (κ3) is 4.60. The monoisotopic (exact) mass is 364 g/mol. The zero-order chi connectivity index (χ0) is 19.2. The first kappa shape index (κ1) is 17.9. The van der Waals surface area contributed by atoms with E-state index >= 15 is 0 Å². The normalized spacial score (nSPS) is 10.1. The average Bonchev–Trinajstić information content (AvgIpc) is 2.70. The summed E-state index contributed by atoms with van der Waals surface area (Å²) in [5.74, 6) is 1.35. The van der Waals surface area contributed by atoms with Crippen LogP contribution in [0.3, 0.4) is 0 Å². The molecule has 0 aliphatic rings. The van der Waals surface area contributed by atoms with Crippen molar-refractivity contribution in [3.05, 3.63) is 89.0 Å². The van der Waals surface area contributed by atoms with E-state index in [1.807, 2.05) is 30.3 Å². The lowest BCUT2D eigenvalue weighted by atomic mass is 10.3. The Morgan fingerprint density at radius 2 is 1.37 bits per heavy atom. The molecule has 7 heteroatoms. The van der Waals surface area contributed by atoms with Crippen molar-refractivity contribution in [2.45, 2.75) is 0 Å². The van der Waals surface area contributed by atoms with Crippen LogP contribution in [0.2, 0.25) is 0 Å². The van der Waals surface area contributed by atoms with Gasteiger partial charge in [0.15, 0.2) is 0 Å². The lowest BCUT2D eigenvalue weighted by molar-refractivity contribution is -0.384. The maximum absolute atomic E-state index is 12.2. The zero-order valence-electron chi connectivity index (χ0n) is 14.4. The Kier molecular flexibility index (Phi) is 5.32. The summed E-state index contributed by atoms with van der Waals surface area (Å²) in [7, 11) is 1.63. The second-order valence-corrected chi connectivity index (χ2v) is 5.59. The fourth-order valence-corrected chi connectivity index (χ4v) is 2.27. The van der Waals surface area contributed by atoms with Crippen LogP contribution in [0.1, 0.15) is 0 Å². The smallest absolute Gasteiger partial charge is 0.419 e. The molecule has 1 amide bonds. The molecule has 0 aliphatic carbocycles. The van der Waals surface area contributed by atoms with E-state index < -0.39 is 11.0 Å². The first-order chi connectivity index (χ1) is 13.0. The van der Waals surface area contributed by atoms with Crippen molar-refractivity contribution < 1.29 is 19.2 Å². The van der Waals surface area contributed by atoms with Gasteiger partial charge in [-0.2, -0.15) is 0 Å². The molecule has 0 aliphatic heterocycles.